The number of rotatable bonds is 8. The van der Waals surface area contributed by atoms with Gasteiger partial charge in [-0.15, -0.1) is 0 Å². The lowest BCUT2D eigenvalue weighted by molar-refractivity contribution is 0.236. The summed E-state index contributed by atoms with van der Waals surface area (Å²) in [4.78, 5) is 0. The predicted octanol–water partition coefficient (Wildman–Crippen LogP) is 3.52. The summed E-state index contributed by atoms with van der Waals surface area (Å²) in [6, 6.07) is 15.1. The van der Waals surface area contributed by atoms with Crippen LogP contribution in [0.3, 0.4) is 0 Å². The molecular formula is C17H21NO3. The normalized spacial score (nSPS) is 10.1. The Bertz CT molecular complexity index is 540. The molecule has 0 unspecified atom stereocenters. The minimum atomic E-state index is 0.582. The van der Waals surface area contributed by atoms with E-state index in [0.29, 0.717) is 19.8 Å². The summed E-state index contributed by atoms with van der Waals surface area (Å²) in [7, 11) is 0. The molecule has 2 rings (SSSR count). The number of anilines is 1. The van der Waals surface area contributed by atoms with Gasteiger partial charge in [0.25, 0.3) is 0 Å². The van der Waals surface area contributed by atoms with Gasteiger partial charge in [0.1, 0.15) is 5.75 Å². The summed E-state index contributed by atoms with van der Waals surface area (Å²) in [6.07, 6.45) is 0.796. The lowest BCUT2D eigenvalue weighted by Gasteiger charge is -2.12. The van der Waals surface area contributed by atoms with Crippen molar-refractivity contribution < 1.29 is 14.2 Å². The Balaban J connectivity index is 1.71. The van der Waals surface area contributed by atoms with Gasteiger partial charge >= 0.3 is 0 Å². The van der Waals surface area contributed by atoms with Crippen molar-refractivity contribution in [2.45, 2.75) is 13.3 Å². The molecule has 2 aromatic carbocycles. The van der Waals surface area contributed by atoms with Crippen LogP contribution in [0.15, 0.2) is 48.5 Å². The van der Waals surface area contributed by atoms with Crippen molar-refractivity contribution in [3.05, 3.63) is 48.5 Å². The minimum absolute atomic E-state index is 0.582. The SMILES string of the molecule is CCOc1ccccc1OCCCOc1ccc(N)cc1. The molecule has 0 amide bonds. The van der Waals surface area contributed by atoms with Crippen molar-refractivity contribution in [3.8, 4) is 17.2 Å². The van der Waals surface area contributed by atoms with Crippen LogP contribution in [-0.4, -0.2) is 19.8 Å². The van der Waals surface area contributed by atoms with Gasteiger partial charge in [-0.2, -0.15) is 0 Å². The maximum Gasteiger partial charge on any atom is 0.161 e. The molecule has 0 bridgehead atoms. The fourth-order valence-electron chi connectivity index (χ4n) is 1.84. The van der Waals surface area contributed by atoms with Gasteiger partial charge in [0, 0.05) is 12.1 Å². The van der Waals surface area contributed by atoms with Crippen molar-refractivity contribution >= 4 is 5.69 Å². The molecule has 0 aliphatic heterocycles. The maximum atomic E-state index is 5.72. The lowest BCUT2D eigenvalue weighted by atomic mass is 10.3. The number of hydrogen-bond acceptors (Lipinski definition) is 4. The average Bonchev–Trinajstić information content (AvgIpc) is 2.51. The van der Waals surface area contributed by atoms with Crippen LogP contribution in [0.5, 0.6) is 17.2 Å². The van der Waals surface area contributed by atoms with E-state index in [2.05, 4.69) is 0 Å². The van der Waals surface area contributed by atoms with Gasteiger partial charge in [0.15, 0.2) is 11.5 Å². The largest absolute Gasteiger partial charge is 0.493 e. The molecule has 0 aromatic heterocycles. The number of nitrogens with two attached hydrogens (primary N) is 1. The molecule has 4 heteroatoms. The van der Waals surface area contributed by atoms with Crippen LogP contribution in [0.2, 0.25) is 0 Å². The second kappa shape index (κ2) is 8.04. The summed E-state index contributed by atoms with van der Waals surface area (Å²) in [5.74, 6) is 2.37. The molecule has 0 spiro atoms. The molecule has 0 saturated carbocycles. The van der Waals surface area contributed by atoms with Gasteiger partial charge < -0.3 is 19.9 Å². The molecule has 0 atom stereocenters. The van der Waals surface area contributed by atoms with Crippen LogP contribution in [-0.2, 0) is 0 Å². The molecule has 0 aliphatic carbocycles. The molecular weight excluding hydrogens is 266 g/mol. The van der Waals surface area contributed by atoms with E-state index in [4.69, 9.17) is 19.9 Å². The van der Waals surface area contributed by atoms with E-state index in [-0.39, 0.29) is 0 Å². The average molecular weight is 287 g/mol. The Morgan fingerprint density at radius 3 is 2.10 bits per heavy atom. The predicted molar refractivity (Wildman–Crippen MR) is 84.1 cm³/mol. The molecule has 4 nitrogen and oxygen atoms in total. The van der Waals surface area contributed by atoms with E-state index < -0.39 is 0 Å². The fraction of sp³-hybridized carbons (Fsp3) is 0.294. The molecule has 0 fully saturated rings. The number of hydrogen-bond donors (Lipinski definition) is 1. The van der Waals surface area contributed by atoms with Crippen LogP contribution in [0.1, 0.15) is 13.3 Å². The highest BCUT2D eigenvalue weighted by Crippen LogP contribution is 2.26. The Hall–Kier alpha value is -2.36. The third-order valence-corrected chi connectivity index (χ3v) is 2.84. The van der Waals surface area contributed by atoms with Gasteiger partial charge in [-0.25, -0.2) is 0 Å². The molecule has 2 N–H and O–H groups in total. The van der Waals surface area contributed by atoms with E-state index in [1.54, 1.807) is 0 Å². The van der Waals surface area contributed by atoms with Crippen LogP contribution in [0, 0.1) is 0 Å². The zero-order chi connectivity index (χ0) is 14.9. The van der Waals surface area contributed by atoms with Crippen molar-refractivity contribution in [2.24, 2.45) is 0 Å². The molecule has 0 saturated heterocycles. The highest BCUT2D eigenvalue weighted by atomic mass is 16.5. The quantitative estimate of drug-likeness (QED) is 0.596. The van der Waals surface area contributed by atoms with Crippen molar-refractivity contribution in [1.29, 1.82) is 0 Å². The standard InChI is InChI=1S/C17H21NO3/c1-2-19-16-6-3-4-7-17(16)21-13-5-12-20-15-10-8-14(18)9-11-15/h3-4,6-11H,2,5,12-13,18H2,1H3. The fourth-order valence-corrected chi connectivity index (χ4v) is 1.84. The van der Waals surface area contributed by atoms with E-state index in [1.807, 2.05) is 55.5 Å². The van der Waals surface area contributed by atoms with E-state index in [1.165, 1.54) is 0 Å². The van der Waals surface area contributed by atoms with Crippen LogP contribution in [0.4, 0.5) is 5.69 Å². The smallest absolute Gasteiger partial charge is 0.161 e. The first-order valence-electron chi connectivity index (χ1n) is 7.12. The first kappa shape index (κ1) is 15.0. The number of ether oxygens (including phenoxy) is 3. The van der Waals surface area contributed by atoms with Crippen LogP contribution < -0.4 is 19.9 Å². The summed E-state index contributed by atoms with van der Waals surface area (Å²) in [6.45, 7) is 3.76. The van der Waals surface area contributed by atoms with Crippen LogP contribution >= 0.6 is 0 Å². The Labute approximate surface area is 125 Å². The monoisotopic (exact) mass is 287 g/mol. The Kier molecular flexibility index (Phi) is 5.76. The summed E-state index contributed by atoms with van der Waals surface area (Å²) >= 11 is 0. The second-order valence-corrected chi connectivity index (χ2v) is 4.50. The molecule has 2 aromatic rings. The van der Waals surface area contributed by atoms with Gasteiger partial charge in [0.2, 0.25) is 0 Å². The molecule has 0 heterocycles. The van der Waals surface area contributed by atoms with Gasteiger partial charge in [-0.3, -0.25) is 0 Å². The zero-order valence-corrected chi connectivity index (χ0v) is 12.2. The van der Waals surface area contributed by atoms with Crippen LogP contribution in [0.25, 0.3) is 0 Å². The van der Waals surface area contributed by atoms with E-state index >= 15 is 0 Å². The summed E-state index contributed by atoms with van der Waals surface area (Å²) in [5.41, 5.74) is 6.35. The first-order valence-corrected chi connectivity index (χ1v) is 7.12. The molecule has 112 valence electrons. The molecule has 21 heavy (non-hydrogen) atoms. The number of para-hydroxylation sites is 2. The van der Waals surface area contributed by atoms with E-state index in [0.717, 1.165) is 29.4 Å². The molecule has 0 aliphatic rings. The molecule has 0 radical (unpaired) electrons. The first-order chi connectivity index (χ1) is 10.3. The highest BCUT2D eigenvalue weighted by Gasteiger charge is 2.03. The van der Waals surface area contributed by atoms with E-state index in [9.17, 15) is 0 Å². The zero-order valence-electron chi connectivity index (χ0n) is 12.2. The van der Waals surface area contributed by atoms with Crippen molar-refractivity contribution in [2.75, 3.05) is 25.6 Å². The Morgan fingerprint density at radius 1 is 0.810 bits per heavy atom. The third-order valence-electron chi connectivity index (χ3n) is 2.84. The summed E-state index contributed by atoms with van der Waals surface area (Å²) < 4.78 is 16.8. The number of benzene rings is 2. The number of nitrogen functional groups attached to an aromatic ring is 1. The topological polar surface area (TPSA) is 53.7 Å². The minimum Gasteiger partial charge on any atom is -0.493 e. The van der Waals surface area contributed by atoms with Crippen molar-refractivity contribution in [3.63, 3.8) is 0 Å². The van der Waals surface area contributed by atoms with Crippen molar-refractivity contribution in [1.82, 2.24) is 0 Å². The maximum absolute atomic E-state index is 5.72. The second-order valence-electron chi connectivity index (χ2n) is 4.50. The van der Waals surface area contributed by atoms with Gasteiger partial charge in [-0.05, 0) is 43.3 Å². The summed E-state index contributed by atoms with van der Waals surface area (Å²) in [5, 5.41) is 0. The van der Waals surface area contributed by atoms with Gasteiger partial charge in [-0.1, -0.05) is 12.1 Å². The third kappa shape index (κ3) is 4.91. The van der Waals surface area contributed by atoms with Gasteiger partial charge in [0.05, 0.1) is 19.8 Å². The highest BCUT2D eigenvalue weighted by molar-refractivity contribution is 5.41. The Morgan fingerprint density at radius 2 is 1.43 bits per heavy atom. The lowest BCUT2D eigenvalue weighted by Crippen LogP contribution is -2.06.